The molecule has 1 rings (SSSR count). The van der Waals surface area contributed by atoms with Crippen LogP contribution in [0.3, 0.4) is 0 Å². The molecule has 0 bridgehead atoms. The number of rotatable bonds is 5. The van der Waals surface area contributed by atoms with E-state index >= 15 is 0 Å². The molecule has 0 saturated carbocycles. The van der Waals surface area contributed by atoms with Crippen LogP contribution >= 0.6 is 27.5 Å². The van der Waals surface area contributed by atoms with E-state index < -0.39 is 0 Å². The molecule has 94 valence electrons. The second-order valence-corrected chi connectivity index (χ2v) is 5.30. The van der Waals surface area contributed by atoms with E-state index in [1.807, 2.05) is 13.0 Å². The van der Waals surface area contributed by atoms with Crippen LogP contribution in [-0.2, 0) is 11.2 Å². The lowest BCUT2D eigenvalue weighted by molar-refractivity contribution is -0.120. The summed E-state index contributed by atoms with van der Waals surface area (Å²) in [5.74, 6) is -0.00461. The van der Waals surface area contributed by atoms with Crippen LogP contribution in [0, 0.1) is 5.92 Å². The van der Waals surface area contributed by atoms with E-state index in [1.54, 1.807) is 12.1 Å². The maximum absolute atomic E-state index is 11.6. The molecule has 1 amide bonds. The Morgan fingerprint density at radius 2 is 2.29 bits per heavy atom. The number of amides is 1. The van der Waals surface area contributed by atoms with Crippen LogP contribution in [-0.4, -0.2) is 24.2 Å². The van der Waals surface area contributed by atoms with Crippen molar-refractivity contribution >= 4 is 33.4 Å². The summed E-state index contributed by atoms with van der Waals surface area (Å²) >= 11 is 9.24. The van der Waals surface area contributed by atoms with E-state index in [-0.39, 0.29) is 24.9 Å². The number of hydrogen-bond acceptors (Lipinski definition) is 2. The zero-order valence-corrected chi connectivity index (χ0v) is 11.9. The molecule has 0 aliphatic rings. The normalized spacial score (nSPS) is 12.2. The van der Waals surface area contributed by atoms with Crippen LogP contribution in [0.2, 0.25) is 5.02 Å². The average Bonchev–Trinajstić information content (AvgIpc) is 2.30. The van der Waals surface area contributed by atoms with Gasteiger partial charge in [-0.2, -0.15) is 0 Å². The largest absolute Gasteiger partial charge is 0.396 e. The van der Waals surface area contributed by atoms with Gasteiger partial charge >= 0.3 is 0 Å². The predicted molar refractivity (Wildman–Crippen MR) is 72.1 cm³/mol. The van der Waals surface area contributed by atoms with Crippen molar-refractivity contribution in [1.29, 1.82) is 0 Å². The molecule has 1 aromatic rings. The van der Waals surface area contributed by atoms with Gasteiger partial charge in [-0.05, 0) is 29.7 Å². The molecule has 2 N–H and O–H groups in total. The van der Waals surface area contributed by atoms with Crippen LogP contribution in [0.15, 0.2) is 22.7 Å². The van der Waals surface area contributed by atoms with Crippen molar-refractivity contribution < 1.29 is 9.90 Å². The van der Waals surface area contributed by atoms with Gasteiger partial charge in [-0.15, -0.1) is 0 Å². The smallest absolute Gasteiger partial charge is 0.224 e. The van der Waals surface area contributed by atoms with Gasteiger partial charge < -0.3 is 10.4 Å². The highest BCUT2D eigenvalue weighted by Gasteiger charge is 2.08. The Labute approximate surface area is 114 Å². The zero-order valence-electron chi connectivity index (χ0n) is 9.54. The first-order chi connectivity index (χ1) is 8.02. The predicted octanol–water partition coefficient (Wildman–Crippen LogP) is 2.39. The Balaban J connectivity index is 2.53. The number of hydrogen-bond donors (Lipinski definition) is 2. The van der Waals surface area contributed by atoms with Crippen molar-refractivity contribution in [1.82, 2.24) is 5.32 Å². The molecule has 0 aliphatic carbocycles. The third-order valence-electron chi connectivity index (χ3n) is 2.32. The van der Waals surface area contributed by atoms with E-state index in [2.05, 4.69) is 21.2 Å². The maximum atomic E-state index is 11.6. The maximum Gasteiger partial charge on any atom is 0.224 e. The first-order valence-electron chi connectivity index (χ1n) is 5.34. The topological polar surface area (TPSA) is 49.3 Å². The fourth-order valence-electron chi connectivity index (χ4n) is 1.27. The Morgan fingerprint density at radius 3 is 2.94 bits per heavy atom. The first kappa shape index (κ1) is 14.5. The quantitative estimate of drug-likeness (QED) is 0.875. The number of aliphatic hydroxyl groups is 1. The molecule has 1 unspecified atom stereocenters. The highest BCUT2D eigenvalue weighted by molar-refractivity contribution is 9.10. The van der Waals surface area contributed by atoms with Gasteiger partial charge in [-0.3, -0.25) is 4.79 Å². The molecule has 0 aliphatic heterocycles. The van der Waals surface area contributed by atoms with Crippen molar-refractivity contribution in [3.63, 3.8) is 0 Å². The van der Waals surface area contributed by atoms with Crippen molar-refractivity contribution in [2.24, 2.45) is 5.92 Å². The van der Waals surface area contributed by atoms with E-state index in [9.17, 15) is 4.79 Å². The van der Waals surface area contributed by atoms with E-state index in [4.69, 9.17) is 16.7 Å². The van der Waals surface area contributed by atoms with Gasteiger partial charge in [-0.1, -0.05) is 34.5 Å². The highest BCUT2D eigenvalue weighted by atomic mass is 79.9. The van der Waals surface area contributed by atoms with E-state index in [0.717, 1.165) is 10.0 Å². The standard InChI is InChI=1S/C12H15BrClNO2/c1-8(7-16)6-15-12(17)5-9-4-10(14)2-3-11(9)13/h2-4,8,16H,5-7H2,1H3,(H,15,17). The van der Waals surface area contributed by atoms with Crippen LogP contribution in [0.1, 0.15) is 12.5 Å². The summed E-state index contributed by atoms with van der Waals surface area (Å²) in [4.78, 5) is 11.6. The monoisotopic (exact) mass is 319 g/mol. The number of nitrogens with one attached hydrogen (secondary N) is 1. The molecule has 0 radical (unpaired) electrons. The van der Waals surface area contributed by atoms with Crippen LogP contribution in [0.5, 0.6) is 0 Å². The second kappa shape index (κ2) is 6.99. The lowest BCUT2D eigenvalue weighted by Crippen LogP contribution is -2.30. The van der Waals surface area contributed by atoms with Gasteiger partial charge in [0.1, 0.15) is 0 Å². The molecular weight excluding hydrogens is 305 g/mol. The highest BCUT2D eigenvalue weighted by Crippen LogP contribution is 2.21. The minimum absolute atomic E-state index is 0.0706. The second-order valence-electron chi connectivity index (χ2n) is 4.00. The van der Waals surface area contributed by atoms with E-state index in [0.29, 0.717) is 11.6 Å². The summed E-state index contributed by atoms with van der Waals surface area (Å²) in [5, 5.41) is 12.2. The van der Waals surface area contributed by atoms with Crippen LogP contribution in [0.4, 0.5) is 0 Å². The zero-order chi connectivity index (χ0) is 12.8. The van der Waals surface area contributed by atoms with Crippen molar-refractivity contribution in [2.75, 3.05) is 13.2 Å². The summed E-state index contributed by atoms with van der Waals surface area (Å²) in [6.07, 6.45) is 0.277. The summed E-state index contributed by atoms with van der Waals surface area (Å²) < 4.78 is 0.868. The number of halogens is 2. The Hall–Kier alpha value is -0.580. The summed E-state index contributed by atoms with van der Waals surface area (Å²) in [6, 6.07) is 5.35. The average molecular weight is 321 g/mol. The molecule has 0 fully saturated rings. The van der Waals surface area contributed by atoms with E-state index in [1.165, 1.54) is 0 Å². The minimum Gasteiger partial charge on any atom is -0.396 e. The molecule has 0 saturated heterocycles. The Kier molecular flexibility index (Phi) is 5.95. The number of aliphatic hydroxyl groups excluding tert-OH is 1. The minimum atomic E-state index is -0.0757. The lowest BCUT2D eigenvalue weighted by Gasteiger charge is -2.10. The summed E-state index contributed by atoms with van der Waals surface area (Å²) in [6.45, 7) is 2.42. The Bertz CT molecular complexity index is 398. The number of carbonyl (C=O) groups is 1. The fourth-order valence-corrected chi connectivity index (χ4v) is 1.85. The molecular formula is C12H15BrClNO2. The van der Waals surface area contributed by atoms with Crippen molar-refractivity contribution in [3.8, 4) is 0 Å². The Morgan fingerprint density at radius 1 is 1.59 bits per heavy atom. The summed E-state index contributed by atoms with van der Waals surface area (Å²) in [5.41, 5.74) is 0.853. The number of carbonyl (C=O) groups excluding carboxylic acids is 1. The molecule has 17 heavy (non-hydrogen) atoms. The van der Waals surface area contributed by atoms with Crippen molar-refractivity contribution in [2.45, 2.75) is 13.3 Å². The van der Waals surface area contributed by atoms with Crippen molar-refractivity contribution in [3.05, 3.63) is 33.3 Å². The molecule has 0 spiro atoms. The molecule has 3 nitrogen and oxygen atoms in total. The third kappa shape index (κ3) is 5.06. The molecule has 0 heterocycles. The number of benzene rings is 1. The van der Waals surface area contributed by atoms with Gasteiger partial charge in [0.15, 0.2) is 0 Å². The molecule has 5 heteroatoms. The van der Waals surface area contributed by atoms with Crippen LogP contribution in [0.25, 0.3) is 0 Å². The molecule has 0 aromatic heterocycles. The van der Waals surface area contributed by atoms with Gasteiger partial charge in [0.05, 0.1) is 6.42 Å². The van der Waals surface area contributed by atoms with Gasteiger partial charge in [0.2, 0.25) is 5.91 Å². The van der Waals surface area contributed by atoms with Gasteiger partial charge in [-0.25, -0.2) is 0 Å². The third-order valence-corrected chi connectivity index (χ3v) is 3.33. The molecule has 1 atom stereocenters. The summed E-state index contributed by atoms with van der Waals surface area (Å²) in [7, 11) is 0. The first-order valence-corrected chi connectivity index (χ1v) is 6.51. The van der Waals surface area contributed by atoms with Crippen LogP contribution < -0.4 is 5.32 Å². The lowest BCUT2D eigenvalue weighted by atomic mass is 10.1. The van der Waals surface area contributed by atoms with Gasteiger partial charge in [0.25, 0.3) is 0 Å². The fraction of sp³-hybridized carbons (Fsp3) is 0.417. The SMILES string of the molecule is CC(CO)CNC(=O)Cc1cc(Cl)ccc1Br. The van der Waals surface area contributed by atoms with Gasteiger partial charge in [0, 0.05) is 22.6 Å². The molecule has 1 aromatic carbocycles.